The van der Waals surface area contributed by atoms with Crippen molar-refractivity contribution in [2.75, 3.05) is 33.2 Å². The van der Waals surface area contributed by atoms with Crippen molar-refractivity contribution < 1.29 is 48.3 Å². The number of hydrogen-bond acceptors (Lipinski definition) is 11. The number of amides is 1. The first-order valence-electron chi connectivity index (χ1n) is 24.2. The molecule has 2 N–H and O–H groups in total. The Kier molecular flexibility index (Phi) is 13.3. The number of unbranched alkanes of at least 4 members (excludes halogenated alkanes) is 2. The molecular weight excluding hydrogens is 837 g/mol. The van der Waals surface area contributed by atoms with E-state index in [1.165, 1.54) is 0 Å². The normalized spacial score (nSPS) is 26.8. The van der Waals surface area contributed by atoms with Crippen LogP contribution in [0.2, 0.25) is 0 Å². The third-order valence-electron chi connectivity index (χ3n) is 14.4. The van der Waals surface area contributed by atoms with Gasteiger partial charge in [-0.15, -0.1) is 6.58 Å². The van der Waals surface area contributed by atoms with Gasteiger partial charge in [-0.05, 0) is 128 Å². The van der Waals surface area contributed by atoms with E-state index in [1.807, 2.05) is 53.4 Å². The van der Waals surface area contributed by atoms with Crippen LogP contribution in [0.3, 0.4) is 0 Å². The van der Waals surface area contributed by atoms with Gasteiger partial charge >= 0.3 is 0 Å². The van der Waals surface area contributed by atoms with Gasteiger partial charge in [0.1, 0.15) is 23.3 Å². The molecule has 7 atom stereocenters. The van der Waals surface area contributed by atoms with Crippen molar-refractivity contribution in [2.24, 2.45) is 28.8 Å². The SMILES string of the molecule is C=CCO[C@@]12Oc3ccc(Oc4ccc5ccccc5c4)cc3[C@H]3[C@H](CCCCO)[C@@H](CCCCO)C=C(C(=NOC4CCCCO4)C[C@@H]1N(Cc1ccc4c(c1)OCO4)C(=O)C1CC1)[C@H]32. The zero-order valence-electron chi connectivity index (χ0n) is 37.7. The van der Waals surface area contributed by atoms with Crippen LogP contribution in [0.15, 0.2) is 108 Å². The molecule has 3 aliphatic carbocycles. The summed E-state index contributed by atoms with van der Waals surface area (Å²) >= 11 is 0. The number of carbonyl (C=O) groups is 1. The van der Waals surface area contributed by atoms with E-state index in [0.717, 1.165) is 96.7 Å². The Bertz CT molecular complexity index is 2440. The van der Waals surface area contributed by atoms with Gasteiger partial charge in [-0.25, -0.2) is 0 Å². The van der Waals surface area contributed by atoms with Crippen LogP contribution >= 0.6 is 0 Å². The molecule has 4 aromatic rings. The number of fused-ring (bicyclic) bond motifs is 4. The van der Waals surface area contributed by atoms with Crippen molar-refractivity contribution in [3.63, 3.8) is 0 Å². The summed E-state index contributed by atoms with van der Waals surface area (Å²) in [5.74, 6) is 1.47. The number of carbonyl (C=O) groups excluding carboxylic acids is 1. The first-order chi connectivity index (χ1) is 32.5. The molecule has 0 aromatic heterocycles. The number of nitrogens with zero attached hydrogens (tertiary/aromatic N) is 2. The van der Waals surface area contributed by atoms with Crippen LogP contribution in [0.5, 0.6) is 28.7 Å². The van der Waals surface area contributed by atoms with Gasteiger partial charge in [-0.3, -0.25) is 4.79 Å². The predicted octanol–water partition coefficient (Wildman–Crippen LogP) is 9.96. The van der Waals surface area contributed by atoms with Gasteiger partial charge in [0, 0.05) is 50.0 Å². The maximum atomic E-state index is 15.0. The van der Waals surface area contributed by atoms with Crippen LogP contribution in [0.1, 0.15) is 94.1 Å². The molecule has 2 saturated carbocycles. The molecule has 348 valence electrons. The lowest BCUT2D eigenvalue weighted by Gasteiger charge is -2.60. The van der Waals surface area contributed by atoms with Crippen molar-refractivity contribution in [3.05, 3.63) is 114 Å². The number of aliphatic hydroxyl groups excluding tert-OH is 2. The highest BCUT2D eigenvalue weighted by atomic mass is 16.8. The molecule has 4 aromatic carbocycles. The summed E-state index contributed by atoms with van der Waals surface area (Å²) in [5, 5.41) is 27.4. The van der Waals surface area contributed by atoms with E-state index in [4.69, 9.17) is 38.4 Å². The molecule has 6 aliphatic rings. The minimum atomic E-state index is -1.38. The summed E-state index contributed by atoms with van der Waals surface area (Å²) < 4.78 is 39.0. The fourth-order valence-electron chi connectivity index (χ4n) is 11.1. The average molecular weight is 899 g/mol. The van der Waals surface area contributed by atoms with Crippen LogP contribution in [-0.2, 0) is 25.7 Å². The smallest absolute Gasteiger partial charge is 0.239 e. The average Bonchev–Trinajstić information content (AvgIpc) is 4.10. The third-order valence-corrected chi connectivity index (χ3v) is 14.4. The maximum Gasteiger partial charge on any atom is 0.239 e. The zero-order valence-corrected chi connectivity index (χ0v) is 37.7. The number of allylic oxidation sites excluding steroid dienone is 1. The first kappa shape index (κ1) is 44.4. The highest BCUT2D eigenvalue weighted by Gasteiger charge is 2.66. The minimum absolute atomic E-state index is 0.0461. The molecule has 0 spiro atoms. The fraction of sp³-hybridized carbons (Fsp3) is 0.481. The largest absolute Gasteiger partial charge is 0.459 e. The van der Waals surface area contributed by atoms with Gasteiger partial charge in [-0.1, -0.05) is 66.5 Å². The third kappa shape index (κ3) is 9.05. The lowest BCUT2D eigenvalue weighted by Crippen LogP contribution is -2.70. The zero-order chi connectivity index (χ0) is 45.0. The molecule has 3 fully saturated rings. The van der Waals surface area contributed by atoms with Gasteiger partial charge in [0.2, 0.25) is 24.8 Å². The molecule has 3 heterocycles. The molecule has 12 nitrogen and oxygen atoms in total. The van der Waals surface area contributed by atoms with E-state index in [2.05, 4.69) is 43.0 Å². The highest BCUT2D eigenvalue weighted by Crippen LogP contribution is 2.62. The van der Waals surface area contributed by atoms with Gasteiger partial charge in [0.15, 0.2) is 11.5 Å². The van der Waals surface area contributed by atoms with Gasteiger partial charge in [0.05, 0.1) is 24.8 Å². The number of rotatable bonds is 19. The van der Waals surface area contributed by atoms with E-state index in [9.17, 15) is 10.2 Å². The molecule has 10 rings (SSSR count). The van der Waals surface area contributed by atoms with E-state index >= 15 is 4.79 Å². The number of aliphatic hydroxyl groups is 2. The van der Waals surface area contributed by atoms with Crippen LogP contribution in [0.4, 0.5) is 0 Å². The molecule has 0 radical (unpaired) electrons. The summed E-state index contributed by atoms with van der Waals surface area (Å²) in [6.45, 7) is 5.54. The van der Waals surface area contributed by atoms with Gasteiger partial charge < -0.3 is 48.4 Å². The minimum Gasteiger partial charge on any atom is -0.459 e. The lowest BCUT2D eigenvalue weighted by molar-refractivity contribution is -0.258. The van der Waals surface area contributed by atoms with Gasteiger partial charge in [-0.2, -0.15) is 0 Å². The second-order valence-electron chi connectivity index (χ2n) is 18.7. The Balaban J connectivity index is 1.15. The number of oxime groups is 1. The Morgan fingerprint density at radius 1 is 0.864 bits per heavy atom. The number of ether oxygens (including phenoxy) is 6. The first-order valence-corrected chi connectivity index (χ1v) is 24.2. The van der Waals surface area contributed by atoms with Crippen molar-refractivity contribution in [2.45, 2.75) is 108 Å². The molecule has 1 amide bonds. The second kappa shape index (κ2) is 19.8. The van der Waals surface area contributed by atoms with Gasteiger partial charge in [0.25, 0.3) is 0 Å². The summed E-state index contributed by atoms with van der Waals surface area (Å²) in [4.78, 5) is 23.4. The molecule has 1 unspecified atom stereocenters. The van der Waals surface area contributed by atoms with Crippen LogP contribution in [-0.4, -0.2) is 78.1 Å². The maximum absolute atomic E-state index is 15.0. The summed E-state index contributed by atoms with van der Waals surface area (Å²) in [6.07, 6.45) is 13.0. The van der Waals surface area contributed by atoms with Crippen molar-refractivity contribution in [1.29, 1.82) is 0 Å². The molecule has 66 heavy (non-hydrogen) atoms. The Hall–Kier alpha value is -5.40. The summed E-state index contributed by atoms with van der Waals surface area (Å²) in [5.41, 5.74) is 3.63. The fourth-order valence-corrected chi connectivity index (χ4v) is 11.1. The molecular formula is C54H62N2O10. The van der Waals surface area contributed by atoms with E-state index in [1.54, 1.807) is 6.08 Å². The Labute approximate surface area is 387 Å². The summed E-state index contributed by atoms with van der Waals surface area (Å²) in [6, 6.07) is 25.7. The van der Waals surface area contributed by atoms with Crippen molar-refractivity contribution >= 4 is 22.4 Å². The monoisotopic (exact) mass is 898 g/mol. The quantitative estimate of drug-likeness (QED) is 0.0532. The van der Waals surface area contributed by atoms with E-state index in [-0.39, 0.29) is 62.7 Å². The second-order valence-corrected chi connectivity index (χ2v) is 18.7. The van der Waals surface area contributed by atoms with E-state index in [0.29, 0.717) is 48.9 Å². The topological polar surface area (TPSA) is 138 Å². The molecule has 1 saturated heterocycles. The molecule has 12 heteroatoms. The Morgan fingerprint density at radius 3 is 2.45 bits per heavy atom. The van der Waals surface area contributed by atoms with Crippen molar-refractivity contribution in [3.8, 4) is 28.7 Å². The number of hydrogen-bond donors (Lipinski definition) is 2. The standard InChI is InChI=1S/C54H62N2O10/c1-2-26-63-54-49(56(53(59)37-17-18-37)33-35-16-22-47-48(28-35)62-34-61-47)32-45(55-66-50-15-7-10-27-60-50)43-30-39(13-5-8-24-57)42(14-6-9-25-58)51(52(43)54)44-31-41(21-23-46(44)65-54)64-40-20-19-36-11-3-4-12-38(36)29-40/h2-4,11-12,16,19-23,28-31,37,39,42,49-52,57-58H,1,5-10,13-15,17-18,24-27,32-34H2/t39-,42+,49-,50?,51+,52+,54+/m0/s1. The van der Waals surface area contributed by atoms with Crippen LogP contribution in [0, 0.1) is 23.7 Å². The Morgan fingerprint density at radius 2 is 1.65 bits per heavy atom. The van der Waals surface area contributed by atoms with Crippen LogP contribution in [0.25, 0.3) is 10.8 Å². The highest BCUT2D eigenvalue weighted by molar-refractivity contribution is 6.03. The van der Waals surface area contributed by atoms with Crippen LogP contribution < -0.4 is 18.9 Å². The predicted molar refractivity (Wildman–Crippen MR) is 249 cm³/mol. The molecule has 0 bridgehead atoms. The summed E-state index contributed by atoms with van der Waals surface area (Å²) in [7, 11) is 0. The van der Waals surface area contributed by atoms with Crippen molar-refractivity contribution in [1.82, 2.24) is 4.90 Å². The molecule has 3 aliphatic heterocycles. The number of benzene rings is 4. The lowest BCUT2D eigenvalue weighted by atomic mass is 9.55. The van der Waals surface area contributed by atoms with E-state index < -0.39 is 24.0 Å².